The van der Waals surface area contributed by atoms with E-state index in [9.17, 15) is 4.79 Å². The van der Waals surface area contributed by atoms with Crippen molar-refractivity contribution < 1.29 is 9.53 Å². The maximum Gasteiger partial charge on any atom is 0.214 e. The number of nitrogens with zero attached hydrogens (tertiary/aromatic N) is 2. The van der Waals surface area contributed by atoms with E-state index in [2.05, 4.69) is 37.3 Å². The summed E-state index contributed by atoms with van der Waals surface area (Å²) in [7, 11) is 0. The molecule has 0 unspecified atom stereocenters. The van der Waals surface area contributed by atoms with Crippen molar-refractivity contribution in [1.29, 1.82) is 5.41 Å². The monoisotopic (exact) mass is 457 g/mol. The molecule has 0 amide bonds. The molecule has 2 aromatic heterocycles. The molecule has 9 nitrogen and oxygen atoms in total. The molecule has 0 bridgehead atoms. The number of aryl methyl sites for hydroxylation is 1. The van der Waals surface area contributed by atoms with Crippen LogP contribution < -0.4 is 11.1 Å². The van der Waals surface area contributed by atoms with Gasteiger partial charge in [-0.25, -0.2) is 4.98 Å². The number of imidazole rings is 1. The Morgan fingerprint density at radius 3 is 2.79 bits per heavy atom. The zero-order valence-corrected chi connectivity index (χ0v) is 18.9. The molecule has 3 heterocycles. The predicted octanol–water partition coefficient (Wildman–Crippen LogP) is 3.30. The number of aromatic nitrogens is 3. The van der Waals surface area contributed by atoms with Gasteiger partial charge in [-0.15, -0.1) is 0 Å². The zero-order valence-electron chi connectivity index (χ0n) is 18.9. The largest absolute Gasteiger partial charge is 0.385 e. The lowest BCUT2D eigenvalue weighted by molar-refractivity contribution is 0.0342. The maximum absolute atomic E-state index is 13.2. The number of nitrogens with one attached hydrogen (secondary N) is 4. The van der Waals surface area contributed by atoms with Crippen LogP contribution in [-0.4, -0.2) is 58.2 Å². The molecule has 34 heavy (non-hydrogen) atoms. The molecule has 174 valence electrons. The lowest BCUT2D eigenvalue weighted by atomic mass is 10.1. The summed E-state index contributed by atoms with van der Waals surface area (Å²) in [5, 5.41) is 11.8. The molecule has 0 spiro atoms. The highest BCUT2D eigenvalue weighted by Gasteiger charge is 2.18. The van der Waals surface area contributed by atoms with Crippen molar-refractivity contribution in [3.8, 4) is 0 Å². The van der Waals surface area contributed by atoms with Gasteiger partial charge in [0, 0.05) is 42.4 Å². The van der Waals surface area contributed by atoms with Crippen LogP contribution in [0.2, 0.25) is 0 Å². The average Bonchev–Trinajstić information content (AvgIpc) is 3.42. The van der Waals surface area contributed by atoms with Crippen molar-refractivity contribution in [2.45, 2.75) is 13.5 Å². The van der Waals surface area contributed by atoms with Crippen LogP contribution in [0.5, 0.6) is 0 Å². The number of Topliss-reactive ketones (excluding diaryl/α,β-unsaturated/α-hetero) is 1. The molecule has 0 radical (unpaired) electrons. The van der Waals surface area contributed by atoms with Crippen LogP contribution in [0.4, 0.5) is 5.69 Å². The van der Waals surface area contributed by atoms with Crippen molar-refractivity contribution in [2.75, 3.05) is 31.6 Å². The van der Waals surface area contributed by atoms with E-state index < -0.39 is 0 Å². The second-order valence-corrected chi connectivity index (χ2v) is 8.47. The number of ether oxygens (including phenoxy) is 1. The Morgan fingerprint density at radius 1 is 1.18 bits per heavy atom. The first-order valence-corrected chi connectivity index (χ1v) is 11.2. The third-order valence-electron chi connectivity index (χ3n) is 6.00. The second-order valence-electron chi connectivity index (χ2n) is 8.47. The topological polar surface area (TPSA) is 136 Å². The molecule has 9 heteroatoms. The minimum absolute atomic E-state index is 0.0819. The van der Waals surface area contributed by atoms with E-state index in [0.717, 1.165) is 66.8 Å². The number of nitrogens with two attached hydrogens (primary N) is 1. The summed E-state index contributed by atoms with van der Waals surface area (Å²) in [6.07, 6.45) is 0.983. The Balaban J connectivity index is 1.37. The quantitative estimate of drug-likeness (QED) is 0.164. The number of rotatable bonds is 7. The Morgan fingerprint density at radius 2 is 2.00 bits per heavy atom. The average molecular weight is 458 g/mol. The molecule has 5 rings (SSSR count). The second kappa shape index (κ2) is 9.12. The summed E-state index contributed by atoms with van der Waals surface area (Å²) in [5.74, 6) is 0.582. The van der Waals surface area contributed by atoms with Gasteiger partial charge in [-0.05, 0) is 42.8 Å². The van der Waals surface area contributed by atoms with E-state index in [4.69, 9.17) is 15.9 Å². The summed E-state index contributed by atoms with van der Waals surface area (Å²) in [6.45, 7) is 6.07. The fraction of sp³-hybridized carbons (Fsp3) is 0.240. The number of H-pyrrole nitrogens is 2. The predicted molar refractivity (Wildman–Crippen MR) is 133 cm³/mol. The summed E-state index contributed by atoms with van der Waals surface area (Å²) < 4.78 is 5.42. The number of ketones is 1. The van der Waals surface area contributed by atoms with Crippen LogP contribution in [0.25, 0.3) is 21.9 Å². The summed E-state index contributed by atoms with van der Waals surface area (Å²) >= 11 is 0. The number of morpholine rings is 1. The van der Waals surface area contributed by atoms with E-state index in [1.165, 1.54) is 5.56 Å². The van der Waals surface area contributed by atoms with Crippen LogP contribution in [0, 0.1) is 12.3 Å². The molecule has 4 aromatic rings. The Hall–Kier alpha value is -3.95. The first-order chi connectivity index (χ1) is 16.5. The zero-order chi connectivity index (χ0) is 23.7. The summed E-state index contributed by atoms with van der Waals surface area (Å²) in [5.41, 5.74) is 11.1. The number of aromatic amines is 2. The first kappa shape index (κ1) is 21.9. The van der Waals surface area contributed by atoms with Gasteiger partial charge in [0.2, 0.25) is 5.78 Å². The molecule has 1 saturated heterocycles. The Bertz CT molecular complexity index is 1410. The number of hydrogen-bond acceptors (Lipinski definition) is 7. The molecular weight excluding hydrogens is 430 g/mol. The standard InChI is InChI=1S/C25H27N7O2/c1-15-28-20-5-4-18(12-22(20)29-15)30-25(27)19(13-26)24(33)23-11-17-3-2-16(10-21(17)31-23)14-32-6-8-34-9-7-32/h2-5,10-13,26,30-31H,6-9,14,27H2,1H3,(H,28,29)/b25-19+,26-13?. The van der Waals surface area contributed by atoms with Crippen LogP contribution >= 0.6 is 0 Å². The number of carbonyl (C=O) groups is 1. The number of benzene rings is 2. The Kier molecular flexibility index (Phi) is 5.87. The molecule has 6 N–H and O–H groups in total. The van der Waals surface area contributed by atoms with Gasteiger partial charge in [-0.2, -0.15) is 0 Å². The van der Waals surface area contributed by atoms with Crippen molar-refractivity contribution in [1.82, 2.24) is 19.9 Å². The van der Waals surface area contributed by atoms with Gasteiger partial charge in [0.1, 0.15) is 11.6 Å². The number of hydrogen-bond donors (Lipinski definition) is 5. The molecule has 1 fully saturated rings. The van der Waals surface area contributed by atoms with Crippen LogP contribution in [0.1, 0.15) is 21.9 Å². The molecule has 0 atom stereocenters. The number of fused-ring (bicyclic) bond motifs is 2. The van der Waals surface area contributed by atoms with Gasteiger partial charge in [0.25, 0.3) is 0 Å². The third-order valence-corrected chi connectivity index (χ3v) is 6.00. The summed E-state index contributed by atoms with van der Waals surface area (Å²) in [6, 6.07) is 13.5. The minimum Gasteiger partial charge on any atom is -0.385 e. The van der Waals surface area contributed by atoms with Crippen molar-refractivity contribution in [3.63, 3.8) is 0 Å². The highest BCUT2D eigenvalue weighted by molar-refractivity contribution is 6.21. The van der Waals surface area contributed by atoms with Crippen LogP contribution in [0.3, 0.4) is 0 Å². The van der Waals surface area contributed by atoms with E-state index in [1.807, 2.05) is 31.2 Å². The summed E-state index contributed by atoms with van der Waals surface area (Å²) in [4.78, 5) is 26.3. The number of carbonyl (C=O) groups excluding carboxylic acids is 1. The SMILES string of the molecule is Cc1nc2cc(N/C(N)=C(\C=N)C(=O)c3cc4ccc(CN5CCOCC5)cc4[nH]3)ccc2[nH]1. The lowest BCUT2D eigenvalue weighted by Crippen LogP contribution is -2.35. The smallest absolute Gasteiger partial charge is 0.214 e. The lowest BCUT2D eigenvalue weighted by Gasteiger charge is -2.26. The normalized spacial score (nSPS) is 15.4. The molecule has 2 aromatic carbocycles. The van der Waals surface area contributed by atoms with Crippen molar-refractivity contribution in [2.24, 2.45) is 5.73 Å². The molecule has 1 aliphatic heterocycles. The van der Waals surface area contributed by atoms with Gasteiger partial charge in [-0.1, -0.05) is 12.1 Å². The molecule has 0 aliphatic carbocycles. The van der Waals surface area contributed by atoms with E-state index in [-0.39, 0.29) is 17.2 Å². The van der Waals surface area contributed by atoms with Gasteiger partial charge in [0.05, 0.1) is 35.5 Å². The van der Waals surface area contributed by atoms with E-state index in [1.54, 1.807) is 6.07 Å². The highest BCUT2D eigenvalue weighted by atomic mass is 16.5. The van der Waals surface area contributed by atoms with Gasteiger partial charge < -0.3 is 31.2 Å². The molecule has 1 aliphatic rings. The van der Waals surface area contributed by atoms with Gasteiger partial charge >= 0.3 is 0 Å². The van der Waals surface area contributed by atoms with Gasteiger partial charge in [0.15, 0.2) is 0 Å². The van der Waals surface area contributed by atoms with Crippen molar-refractivity contribution in [3.05, 3.63) is 70.9 Å². The molecular formula is C25H27N7O2. The van der Waals surface area contributed by atoms with Crippen molar-refractivity contribution >= 4 is 39.6 Å². The van der Waals surface area contributed by atoms with Crippen LogP contribution in [-0.2, 0) is 11.3 Å². The highest BCUT2D eigenvalue weighted by Crippen LogP contribution is 2.22. The van der Waals surface area contributed by atoms with E-state index >= 15 is 0 Å². The fourth-order valence-electron chi connectivity index (χ4n) is 4.26. The fourth-order valence-corrected chi connectivity index (χ4v) is 4.26. The van der Waals surface area contributed by atoms with Crippen LogP contribution in [0.15, 0.2) is 53.9 Å². The Labute approximate surface area is 196 Å². The molecule has 0 saturated carbocycles. The third kappa shape index (κ3) is 4.43. The first-order valence-electron chi connectivity index (χ1n) is 11.2. The number of anilines is 1. The minimum atomic E-state index is -0.345. The number of allylic oxidation sites excluding steroid dienone is 1. The van der Waals surface area contributed by atoms with Gasteiger partial charge in [-0.3, -0.25) is 9.69 Å². The van der Waals surface area contributed by atoms with E-state index in [0.29, 0.717) is 11.4 Å². The maximum atomic E-state index is 13.2.